The number of phenols is 1. The van der Waals surface area contributed by atoms with Gasteiger partial charge in [-0.25, -0.2) is 23.1 Å². The first-order valence-electron chi connectivity index (χ1n) is 15.9. The molecule has 64 heavy (non-hydrogen) atoms. The highest BCUT2D eigenvalue weighted by Gasteiger charge is 2.22. The Balaban J connectivity index is 0.0000109. The van der Waals surface area contributed by atoms with Gasteiger partial charge in [0.25, 0.3) is 10.1 Å². The number of nitrogens with zero attached hydrogens (tertiary/aromatic N) is 4. The topological polar surface area (TPSA) is 425 Å². The van der Waals surface area contributed by atoms with Crippen LogP contribution in [0.4, 0.5) is 28.4 Å². The Morgan fingerprint density at radius 1 is 0.750 bits per heavy atom. The highest BCUT2D eigenvalue weighted by molar-refractivity contribution is 8.04. The van der Waals surface area contributed by atoms with Gasteiger partial charge < -0.3 is 20.6 Å². The van der Waals surface area contributed by atoms with E-state index in [1.165, 1.54) is 37.4 Å². The zero-order chi connectivity index (χ0) is 46.6. The van der Waals surface area contributed by atoms with Crippen molar-refractivity contribution >= 4 is 116 Å². The Bertz CT molecular complexity index is 2910. The van der Waals surface area contributed by atoms with Gasteiger partial charge in [-0.05, 0) is 77.1 Å². The van der Waals surface area contributed by atoms with Crippen LogP contribution in [0.5, 0.6) is 11.5 Å². The van der Waals surface area contributed by atoms with Crippen LogP contribution in [0.1, 0.15) is 5.56 Å². The third-order valence-electron chi connectivity index (χ3n) is 7.19. The Labute approximate surface area is 373 Å². The van der Waals surface area contributed by atoms with Gasteiger partial charge in [-0.15, -0.1) is 29.1 Å². The van der Waals surface area contributed by atoms with E-state index in [0.717, 1.165) is 30.0 Å². The van der Waals surface area contributed by atoms with Crippen molar-refractivity contribution in [3.05, 3.63) is 54.1 Å². The molecule has 0 fully saturated rings. The van der Waals surface area contributed by atoms with Crippen LogP contribution >= 0.6 is 35.8 Å². The summed E-state index contributed by atoms with van der Waals surface area (Å²) in [5.41, 5.74) is -0.238. The SMILES string of the molecule is COc1cc(SC#COOS(=O)(=O)O)c(C)cc1N=Nc1c(SOOO)cc2c(N=Nc3ccc(S(=O)(=O)CCOS(=O)(=O)O)cc3SOOO)c(NCS(=O)(=O)O)ccc2c1O.O. The normalized spacial score (nSPS) is 12.3. The molecule has 0 saturated carbocycles. The zero-order valence-corrected chi connectivity index (χ0v) is 37.3. The number of azo groups is 2. The molecule has 0 aromatic heterocycles. The fourth-order valence-corrected chi connectivity index (χ4v) is 8.23. The number of nitrogens with one attached hydrogen (secondary N) is 1. The molecule has 350 valence electrons. The molecule has 0 heterocycles. The van der Waals surface area contributed by atoms with Crippen molar-refractivity contribution in [3.8, 4) is 22.9 Å². The lowest BCUT2D eigenvalue weighted by atomic mass is 10.1. The molecule has 0 atom stereocenters. The van der Waals surface area contributed by atoms with Gasteiger partial charge in [0.1, 0.15) is 34.4 Å². The van der Waals surface area contributed by atoms with E-state index in [9.17, 15) is 43.3 Å². The summed E-state index contributed by atoms with van der Waals surface area (Å²) in [6.45, 7) is 0.686. The van der Waals surface area contributed by atoms with Crippen molar-refractivity contribution < 1.29 is 105 Å². The van der Waals surface area contributed by atoms with E-state index in [4.69, 9.17) is 24.4 Å². The van der Waals surface area contributed by atoms with Crippen molar-refractivity contribution in [3.63, 3.8) is 0 Å². The minimum Gasteiger partial charge on any atom is -0.505 e. The molecule has 0 radical (unpaired) electrons. The van der Waals surface area contributed by atoms with Crippen LogP contribution < -0.4 is 10.1 Å². The molecule has 9 N–H and O–H groups in total. The van der Waals surface area contributed by atoms with Gasteiger partial charge in [0, 0.05) is 20.9 Å². The number of thioether (sulfide) groups is 1. The third-order valence-corrected chi connectivity index (χ3v) is 12.2. The largest absolute Gasteiger partial charge is 0.505 e. The zero-order valence-electron chi connectivity index (χ0n) is 31.6. The van der Waals surface area contributed by atoms with Crippen LogP contribution in [-0.2, 0) is 72.9 Å². The minimum atomic E-state index is -4.96. The van der Waals surface area contributed by atoms with E-state index in [-0.39, 0.29) is 72.3 Å². The molecule has 0 aliphatic carbocycles. The van der Waals surface area contributed by atoms with Crippen LogP contribution in [0.2, 0.25) is 0 Å². The Morgan fingerprint density at radius 3 is 2.03 bits per heavy atom. The fraction of sp³-hybridized carbons (Fsp3) is 0.172. The third kappa shape index (κ3) is 16.2. The molecule has 4 aromatic carbocycles. The van der Waals surface area contributed by atoms with Gasteiger partial charge in [-0.1, -0.05) is 10.1 Å². The quantitative estimate of drug-likeness (QED) is 0.00993. The number of rotatable bonds is 22. The first-order chi connectivity index (χ1) is 29.6. The van der Waals surface area contributed by atoms with E-state index in [0.29, 0.717) is 22.5 Å². The number of phenolic OH excluding ortho intramolecular Hbond substituents is 1. The lowest BCUT2D eigenvalue weighted by Gasteiger charge is -2.14. The molecule has 0 unspecified atom stereocenters. The summed E-state index contributed by atoms with van der Waals surface area (Å²) in [6.07, 6.45) is 1.90. The van der Waals surface area contributed by atoms with Gasteiger partial charge in [0.15, 0.2) is 21.7 Å². The maximum Gasteiger partial charge on any atom is 0.433 e. The number of hydrogen-bond donors (Lipinski definition) is 7. The maximum atomic E-state index is 12.9. The molecular formula is C29H29N5O23S7. The molecular weight excluding hydrogens is 1010 g/mol. The number of hydrogen-bond acceptors (Lipinski definition) is 27. The van der Waals surface area contributed by atoms with Gasteiger partial charge in [-0.2, -0.15) is 25.3 Å². The summed E-state index contributed by atoms with van der Waals surface area (Å²) < 4.78 is 141. The monoisotopic (exact) mass is 1040 g/mol. The number of aromatic hydroxyl groups is 1. The highest BCUT2D eigenvalue weighted by atomic mass is 32.3. The molecule has 0 bridgehead atoms. The summed E-state index contributed by atoms with van der Waals surface area (Å²) >= 11 is 1.38. The summed E-state index contributed by atoms with van der Waals surface area (Å²) in [5, 5.41) is 58.1. The van der Waals surface area contributed by atoms with E-state index in [2.05, 4.69) is 63.2 Å². The Kier molecular flexibility index (Phi) is 19.8. The molecule has 28 nitrogen and oxygen atoms in total. The first kappa shape index (κ1) is 53.8. The Hall–Kier alpha value is -4.53. The lowest BCUT2D eigenvalue weighted by molar-refractivity contribution is -0.432. The van der Waals surface area contributed by atoms with Crippen molar-refractivity contribution in [1.82, 2.24) is 0 Å². The molecule has 4 aromatic rings. The second-order valence-electron chi connectivity index (χ2n) is 11.3. The maximum absolute atomic E-state index is 12.9. The average molecular weight is 1040 g/mol. The van der Waals surface area contributed by atoms with Crippen LogP contribution in [0.25, 0.3) is 10.8 Å². The fourth-order valence-electron chi connectivity index (χ4n) is 4.66. The second kappa shape index (κ2) is 23.6. The number of sulfone groups is 1. The molecule has 0 aliphatic heterocycles. The average Bonchev–Trinajstić information content (AvgIpc) is 3.19. The first-order valence-corrected chi connectivity index (χ1v) is 24.2. The van der Waals surface area contributed by atoms with Crippen LogP contribution in [0, 0.1) is 18.3 Å². The molecule has 0 aliphatic rings. The summed E-state index contributed by atoms with van der Waals surface area (Å²) in [7, 11) is -17.5. The van der Waals surface area contributed by atoms with Crippen molar-refractivity contribution in [2.24, 2.45) is 20.5 Å². The van der Waals surface area contributed by atoms with Crippen LogP contribution in [-0.4, -0.2) is 93.8 Å². The van der Waals surface area contributed by atoms with Crippen LogP contribution in [0.15, 0.2) is 88.6 Å². The number of anilines is 1. The molecule has 0 spiro atoms. The molecule has 0 saturated heterocycles. The molecule has 35 heteroatoms. The van der Waals surface area contributed by atoms with E-state index in [1.807, 2.05) is 6.11 Å². The lowest BCUT2D eigenvalue weighted by Crippen LogP contribution is -2.15. The minimum absolute atomic E-state index is 0. The number of ether oxygens (including phenoxy) is 1. The number of fused-ring (bicyclic) bond motifs is 1. The van der Waals surface area contributed by atoms with Crippen molar-refractivity contribution in [1.29, 1.82) is 0 Å². The van der Waals surface area contributed by atoms with Crippen LogP contribution in [0.3, 0.4) is 0 Å². The predicted octanol–water partition coefficient (Wildman–Crippen LogP) is 5.34. The predicted molar refractivity (Wildman–Crippen MR) is 220 cm³/mol. The van der Waals surface area contributed by atoms with Gasteiger partial charge in [0.2, 0.25) is 0 Å². The van der Waals surface area contributed by atoms with Gasteiger partial charge >= 0.3 is 20.8 Å². The molecule has 0 amide bonds. The molecule has 4 rings (SSSR count). The van der Waals surface area contributed by atoms with Gasteiger partial charge in [-0.3, -0.25) is 18.5 Å². The number of methoxy groups -OCH3 is 1. The summed E-state index contributed by atoms with van der Waals surface area (Å²) in [4.78, 5) is 3.77. The smallest absolute Gasteiger partial charge is 0.433 e. The van der Waals surface area contributed by atoms with E-state index < -0.39 is 69.6 Å². The van der Waals surface area contributed by atoms with E-state index >= 15 is 0 Å². The highest BCUT2D eigenvalue weighted by Crippen LogP contribution is 2.49. The van der Waals surface area contributed by atoms with Crippen molar-refractivity contribution in [2.75, 3.05) is 30.7 Å². The Morgan fingerprint density at radius 2 is 1.41 bits per heavy atom. The van der Waals surface area contributed by atoms with Crippen molar-refractivity contribution in [2.45, 2.75) is 26.5 Å². The standard InChI is InChI=1S/C29H27N5O22S7.H2O/c1-16-11-22(23(49-2)14-24(16)57-9-7-50-56-63(46,47)48)32-34-28-26(59-55-53-37)13-19-18(29(28)35)4-6-21(30-15-61(40,41)42)27(19)33-31-20-5-3-17(12-25(20)58-54-52-36)60(38,39)10-8-51-62(43,44)45;/h3-6,11-14,30,35-37H,8,10,15H2,1-2H3,(H,40,41,42)(H,43,44,45)(H,46,47,48);1H2. The summed E-state index contributed by atoms with van der Waals surface area (Å²) in [5.74, 6) is -2.46. The summed E-state index contributed by atoms with van der Waals surface area (Å²) in [6, 6.07) is 9.83. The number of aryl methyl sites for hydroxylation is 1. The van der Waals surface area contributed by atoms with Gasteiger partial charge in [0.05, 0.1) is 63.9 Å². The second-order valence-corrected chi connectivity index (χ2v) is 19.2. The number of benzene rings is 4. The van der Waals surface area contributed by atoms with E-state index in [1.54, 1.807) is 6.92 Å².